The van der Waals surface area contributed by atoms with Crippen molar-refractivity contribution < 1.29 is 9.13 Å². The monoisotopic (exact) mass is 406 g/mol. The minimum atomic E-state index is -0.511. The number of nitrogens with one attached hydrogen (secondary N) is 1. The van der Waals surface area contributed by atoms with Gasteiger partial charge in [0.2, 0.25) is 0 Å². The molecule has 0 aliphatic carbocycles. The Balaban J connectivity index is 0.00000109. The van der Waals surface area contributed by atoms with E-state index in [1.54, 1.807) is 0 Å². The SMILES string of the molecule is CC.Nc1ncnc2c1c(Oc1ccc(F)c(Cl)c1)nn2CC1CCNCC1. The summed E-state index contributed by atoms with van der Waals surface area (Å²) >= 11 is 5.83. The van der Waals surface area contributed by atoms with Crippen LogP contribution in [-0.2, 0) is 6.54 Å². The average Bonchev–Trinajstić information content (AvgIpc) is 3.05. The number of benzene rings is 1. The average molecular weight is 407 g/mol. The van der Waals surface area contributed by atoms with E-state index in [1.165, 1.54) is 24.5 Å². The molecule has 9 heteroatoms. The predicted octanol–water partition coefficient (Wildman–Crippen LogP) is 4.02. The Labute approximate surface area is 168 Å². The van der Waals surface area contributed by atoms with Gasteiger partial charge in [-0.25, -0.2) is 19.0 Å². The molecule has 3 aromatic rings. The van der Waals surface area contributed by atoms with Gasteiger partial charge >= 0.3 is 0 Å². The van der Waals surface area contributed by atoms with Crippen molar-refractivity contribution in [3.63, 3.8) is 0 Å². The summed E-state index contributed by atoms with van der Waals surface area (Å²) < 4.78 is 21.0. The van der Waals surface area contributed by atoms with E-state index in [-0.39, 0.29) is 16.7 Å². The first-order valence-corrected chi connectivity index (χ1v) is 9.80. The first kappa shape index (κ1) is 20.3. The Morgan fingerprint density at radius 1 is 1.29 bits per heavy atom. The molecule has 1 aliphatic rings. The number of hydrogen-bond donors (Lipinski definition) is 2. The zero-order valence-corrected chi connectivity index (χ0v) is 16.7. The Kier molecular flexibility index (Phi) is 6.64. The summed E-state index contributed by atoms with van der Waals surface area (Å²) in [5, 5.41) is 8.42. The molecule has 0 bridgehead atoms. The van der Waals surface area contributed by atoms with Crippen molar-refractivity contribution in [3.8, 4) is 11.6 Å². The Hall–Kier alpha value is -2.45. The van der Waals surface area contributed by atoms with Gasteiger partial charge in [0, 0.05) is 12.6 Å². The van der Waals surface area contributed by atoms with E-state index in [9.17, 15) is 4.39 Å². The van der Waals surface area contributed by atoms with Crippen molar-refractivity contribution in [2.75, 3.05) is 18.8 Å². The fourth-order valence-corrected chi connectivity index (χ4v) is 3.33. The highest BCUT2D eigenvalue weighted by molar-refractivity contribution is 6.30. The second kappa shape index (κ2) is 9.16. The van der Waals surface area contributed by atoms with Gasteiger partial charge in [0.25, 0.3) is 5.88 Å². The summed E-state index contributed by atoms with van der Waals surface area (Å²) in [4.78, 5) is 8.37. The smallest absolute Gasteiger partial charge is 0.251 e. The van der Waals surface area contributed by atoms with E-state index >= 15 is 0 Å². The molecule has 0 amide bonds. The highest BCUT2D eigenvalue weighted by atomic mass is 35.5. The Bertz CT molecular complexity index is 942. The highest BCUT2D eigenvalue weighted by Gasteiger charge is 2.21. The minimum absolute atomic E-state index is 0.0230. The maximum Gasteiger partial charge on any atom is 0.251 e. The lowest BCUT2D eigenvalue weighted by Crippen LogP contribution is -2.30. The van der Waals surface area contributed by atoms with E-state index in [0.29, 0.717) is 22.7 Å². The first-order valence-electron chi connectivity index (χ1n) is 9.42. The standard InChI is InChI=1S/C17H18ClFN6O.C2H6/c18-12-7-11(1-2-13(12)19)26-17-14-15(20)22-9-23-16(14)25(24-17)8-10-3-5-21-6-4-10;1-2/h1-2,7,9-10,21H,3-6,8H2,(H2,20,22,23);1-2H3. The van der Waals surface area contributed by atoms with Crippen LogP contribution in [0.1, 0.15) is 26.7 Å². The van der Waals surface area contributed by atoms with Crippen LogP contribution < -0.4 is 15.8 Å². The molecular weight excluding hydrogens is 383 g/mol. The number of fused-ring (bicyclic) bond motifs is 1. The van der Waals surface area contributed by atoms with Crippen LogP contribution in [-0.4, -0.2) is 32.8 Å². The molecule has 0 atom stereocenters. The number of piperidine rings is 1. The van der Waals surface area contributed by atoms with Gasteiger partial charge in [0.05, 0.1) is 5.02 Å². The summed E-state index contributed by atoms with van der Waals surface area (Å²) in [6.45, 7) is 6.72. The third-order valence-electron chi connectivity index (χ3n) is 4.52. The summed E-state index contributed by atoms with van der Waals surface area (Å²) in [7, 11) is 0. The first-order chi connectivity index (χ1) is 13.6. The zero-order valence-electron chi connectivity index (χ0n) is 16.0. The second-order valence-electron chi connectivity index (χ2n) is 6.32. The number of halogens is 2. The van der Waals surface area contributed by atoms with Gasteiger partial charge in [-0.05, 0) is 44.0 Å². The van der Waals surface area contributed by atoms with Crippen LogP contribution in [0, 0.1) is 11.7 Å². The number of rotatable bonds is 4. The fourth-order valence-electron chi connectivity index (χ4n) is 3.16. The maximum absolute atomic E-state index is 13.4. The van der Waals surface area contributed by atoms with Gasteiger partial charge in [-0.3, -0.25) is 0 Å². The van der Waals surface area contributed by atoms with Gasteiger partial charge in [0.15, 0.2) is 5.65 Å². The summed E-state index contributed by atoms with van der Waals surface area (Å²) in [6.07, 6.45) is 3.56. The van der Waals surface area contributed by atoms with Crippen LogP contribution in [0.2, 0.25) is 5.02 Å². The molecule has 4 rings (SSSR count). The van der Waals surface area contributed by atoms with Gasteiger partial charge in [-0.15, -0.1) is 5.10 Å². The quantitative estimate of drug-likeness (QED) is 0.680. The van der Waals surface area contributed by atoms with Gasteiger partial charge in [0.1, 0.15) is 29.1 Å². The molecule has 0 unspecified atom stereocenters. The van der Waals surface area contributed by atoms with Crippen LogP contribution in [0.5, 0.6) is 11.6 Å². The maximum atomic E-state index is 13.4. The second-order valence-corrected chi connectivity index (χ2v) is 6.72. The van der Waals surface area contributed by atoms with Crippen molar-refractivity contribution in [1.29, 1.82) is 0 Å². The van der Waals surface area contributed by atoms with E-state index in [4.69, 9.17) is 22.1 Å². The molecular formula is C19H24ClFN6O. The summed E-state index contributed by atoms with van der Waals surface area (Å²) in [6, 6.07) is 4.12. The number of nitrogen functional groups attached to an aromatic ring is 1. The molecule has 28 heavy (non-hydrogen) atoms. The molecule has 1 aliphatic heterocycles. The Morgan fingerprint density at radius 2 is 2.04 bits per heavy atom. The predicted molar refractivity (Wildman–Crippen MR) is 108 cm³/mol. The lowest BCUT2D eigenvalue weighted by Gasteiger charge is -2.22. The van der Waals surface area contributed by atoms with E-state index in [0.717, 1.165) is 32.5 Å². The third-order valence-corrected chi connectivity index (χ3v) is 4.81. The third kappa shape index (κ3) is 4.34. The van der Waals surface area contributed by atoms with Crippen LogP contribution in [0.15, 0.2) is 24.5 Å². The summed E-state index contributed by atoms with van der Waals surface area (Å²) in [5.74, 6) is 0.935. The molecule has 3 heterocycles. The molecule has 0 spiro atoms. The molecule has 1 aromatic carbocycles. The molecule has 3 N–H and O–H groups in total. The zero-order chi connectivity index (χ0) is 20.1. The van der Waals surface area contributed by atoms with Crippen LogP contribution in [0.25, 0.3) is 11.0 Å². The number of anilines is 1. The summed E-state index contributed by atoms with van der Waals surface area (Å²) in [5.41, 5.74) is 6.65. The molecule has 1 saturated heterocycles. The topological polar surface area (TPSA) is 90.9 Å². The molecule has 0 saturated carbocycles. The molecule has 7 nitrogen and oxygen atoms in total. The van der Waals surface area contributed by atoms with Crippen molar-refractivity contribution in [2.45, 2.75) is 33.2 Å². The van der Waals surface area contributed by atoms with Crippen LogP contribution in [0.4, 0.5) is 10.2 Å². The highest BCUT2D eigenvalue weighted by Crippen LogP contribution is 2.33. The Morgan fingerprint density at radius 3 is 2.75 bits per heavy atom. The molecule has 1 fully saturated rings. The van der Waals surface area contributed by atoms with Crippen molar-refractivity contribution >= 4 is 28.5 Å². The van der Waals surface area contributed by atoms with Gasteiger partial charge in [-0.1, -0.05) is 25.4 Å². The van der Waals surface area contributed by atoms with Gasteiger partial charge in [-0.2, -0.15) is 0 Å². The fraction of sp³-hybridized carbons (Fsp3) is 0.421. The molecule has 150 valence electrons. The number of nitrogens with zero attached hydrogens (tertiary/aromatic N) is 4. The number of nitrogens with two attached hydrogens (primary N) is 1. The van der Waals surface area contributed by atoms with E-state index in [2.05, 4.69) is 20.4 Å². The van der Waals surface area contributed by atoms with Gasteiger partial charge < -0.3 is 15.8 Å². The minimum Gasteiger partial charge on any atom is -0.437 e. The number of ether oxygens (including phenoxy) is 1. The van der Waals surface area contributed by atoms with Crippen LogP contribution >= 0.6 is 11.6 Å². The number of hydrogen-bond acceptors (Lipinski definition) is 6. The van der Waals surface area contributed by atoms with Crippen molar-refractivity contribution in [3.05, 3.63) is 35.4 Å². The molecule has 0 radical (unpaired) electrons. The normalized spacial score (nSPS) is 14.6. The van der Waals surface area contributed by atoms with Crippen molar-refractivity contribution in [1.82, 2.24) is 25.1 Å². The van der Waals surface area contributed by atoms with E-state index < -0.39 is 5.82 Å². The molecule has 2 aromatic heterocycles. The largest absolute Gasteiger partial charge is 0.437 e. The van der Waals surface area contributed by atoms with E-state index in [1.807, 2.05) is 18.5 Å². The van der Waals surface area contributed by atoms with Crippen molar-refractivity contribution in [2.24, 2.45) is 5.92 Å². The lowest BCUT2D eigenvalue weighted by molar-refractivity contribution is 0.320. The van der Waals surface area contributed by atoms with Crippen LogP contribution in [0.3, 0.4) is 0 Å². The number of aromatic nitrogens is 4. The lowest BCUT2D eigenvalue weighted by atomic mass is 9.98.